The summed E-state index contributed by atoms with van der Waals surface area (Å²) >= 11 is 0. The average molecular weight is 393 g/mol. The van der Waals surface area contributed by atoms with Crippen molar-refractivity contribution in [1.29, 1.82) is 0 Å². The first-order valence-corrected chi connectivity index (χ1v) is 7.83. The molecule has 0 atom stereocenters. The van der Waals surface area contributed by atoms with Gasteiger partial charge in [0.05, 0.1) is 5.56 Å². The monoisotopic (exact) mass is 393 g/mol. The predicted molar refractivity (Wildman–Crippen MR) is 87.3 cm³/mol. The molecule has 3 aromatic rings. The Hall–Kier alpha value is -3.56. The van der Waals surface area contributed by atoms with Crippen LogP contribution in [-0.2, 0) is 17.5 Å². The van der Waals surface area contributed by atoms with E-state index in [9.17, 15) is 27.2 Å². The summed E-state index contributed by atoms with van der Waals surface area (Å²) in [6, 6.07) is 11.4. The summed E-state index contributed by atoms with van der Waals surface area (Å²) < 4.78 is 55.7. The Morgan fingerprint density at radius 3 is 2.39 bits per heavy atom. The number of benzene rings is 2. The van der Waals surface area contributed by atoms with Crippen molar-refractivity contribution in [3.63, 3.8) is 0 Å². The second-order valence-corrected chi connectivity index (χ2v) is 5.61. The standard InChI is InChI=1S/C18H11F4N3O3/c19-13-8-10(9-23-16(27)14(26)11-4-2-1-3-5-11)6-7-12(13)15-24-17(28-25-15)18(20,21)22/h1-8H,9H2,(H,23,27). The van der Waals surface area contributed by atoms with Crippen molar-refractivity contribution in [2.24, 2.45) is 0 Å². The van der Waals surface area contributed by atoms with Gasteiger partial charge in [0.2, 0.25) is 11.6 Å². The molecule has 0 aliphatic rings. The molecule has 0 saturated carbocycles. The molecule has 28 heavy (non-hydrogen) atoms. The zero-order valence-electron chi connectivity index (χ0n) is 14.0. The first-order chi connectivity index (χ1) is 13.3. The third kappa shape index (κ3) is 4.22. The Morgan fingerprint density at radius 2 is 1.79 bits per heavy atom. The average Bonchev–Trinajstić information content (AvgIpc) is 3.16. The summed E-state index contributed by atoms with van der Waals surface area (Å²) in [4.78, 5) is 27.0. The van der Waals surface area contributed by atoms with Crippen LogP contribution in [-0.4, -0.2) is 21.8 Å². The lowest BCUT2D eigenvalue weighted by molar-refractivity contribution is -0.159. The molecule has 6 nitrogen and oxygen atoms in total. The largest absolute Gasteiger partial charge is 0.471 e. The van der Waals surface area contributed by atoms with Crippen molar-refractivity contribution in [2.45, 2.75) is 12.7 Å². The Kier molecular flexibility index (Phi) is 5.21. The molecule has 144 valence electrons. The number of hydrogen-bond donors (Lipinski definition) is 1. The molecule has 0 fully saturated rings. The molecule has 3 rings (SSSR count). The number of carbonyl (C=O) groups is 2. The van der Waals surface area contributed by atoms with E-state index >= 15 is 0 Å². The quantitative estimate of drug-likeness (QED) is 0.408. The van der Waals surface area contributed by atoms with Crippen molar-refractivity contribution in [3.8, 4) is 11.4 Å². The van der Waals surface area contributed by atoms with E-state index in [4.69, 9.17) is 0 Å². The lowest BCUT2D eigenvalue weighted by atomic mass is 10.1. The number of carbonyl (C=O) groups excluding carboxylic acids is 2. The smallest absolute Gasteiger partial charge is 0.345 e. The summed E-state index contributed by atoms with van der Waals surface area (Å²) in [5, 5.41) is 5.47. The molecule has 1 aromatic heterocycles. The van der Waals surface area contributed by atoms with Crippen LogP contribution in [0, 0.1) is 5.82 Å². The van der Waals surface area contributed by atoms with Crippen LogP contribution in [0.1, 0.15) is 21.8 Å². The third-order valence-corrected chi connectivity index (χ3v) is 3.64. The maximum atomic E-state index is 14.2. The van der Waals surface area contributed by atoms with Gasteiger partial charge in [0.25, 0.3) is 5.91 Å². The van der Waals surface area contributed by atoms with Crippen molar-refractivity contribution >= 4 is 11.7 Å². The number of nitrogens with zero attached hydrogens (tertiary/aromatic N) is 2. The fourth-order valence-corrected chi connectivity index (χ4v) is 2.28. The normalized spacial score (nSPS) is 11.3. The molecular formula is C18H11F4N3O3. The predicted octanol–water partition coefficient (Wildman–Crippen LogP) is 3.39. The topological polar surface area (TPSA) is 85.1 Å². The van der Waals surface area contributed by atoms with Gasteiger partial charge >= 0.3 is 12.1 Å². The second kappa shape index (κ2) is 7.59. The molecule has 0 aliphatic carbocycles. The second-order valence-electron chi connectivity index (χ2n) is 5.61. The lowest BCUT2D eigenvalue weighted by Crippen LogP contribution is -2.30. The van der Waals surface area contributed by atoms with Gasteiger partial charge in [-0.05, 0) is 17.7 Å². The zero-order valence-corrected chi connectivity index (χ0v) is 14.0. The Bertz CT molecular complexity index is 1020. The Balaban J connectivity index is 1.68. The molecule has 0 aliphatic heterocycles. The number of rotatable bonds is 5. The van der Waals surface area contributed by atoms with Crippen LogP contribution in [0.3, 0.4) is 0 Å². The van der Waals surface area contributed by atoms with Crippen LogP contribution in [0.5, 0.6) is 0 Å². The van der Waals surface area contributed by atoms with E-state index in [1.54, 1.807) is 18.2 Å². The van der Waals surface area contributed by atoms with E-state index in [2.05, 4.69) is 20.0 Å². The molecule has 0 bridgehead atoms. The van der Waals surface area contributed by atoms with Crippen LogP contribution in [0.4, 0.5) is 17.6 Å². The molecule has 0 unspecified atom stereocenters. The van der Waals surface area contributed by atoms with Gasteiger partial charge in [-0.1, -0.05) is 41.6 Å². The van der Waals surface area contributed by atoms with Crippen molar-refractivity contribution < 1.29 is 31.7 Å². The van der Waals surface area contributed by atoms with Gasteiger partial charge in [-0.2, -0.15) is 18.2 Å². The fraction of sp³-hybridized carbons (Fsp3) is 0.111. The summed E-state index contributed by atoms with van der Waals surface area (Å²) in [5.41, 5.74) is 0.198. The number of hydrogen-bond acceptors (Lipinski definition) is 5. The maximum Gasteiger partial charge on any atom is 0.471 e. The number of ketones is 1. The number of nitrogens with one attached hydrogen (secondary N) is 1. The van der Waals surface area contributed by atoms with E-state index in [0.717, 1.165) is 12.1 Å². The minimum Gasteiger partial charge on any atom is -0.345 e. The Labute approximate surface area is 155 Å². The molecule has 1 heterocycles. The highest BCUT2D eigenvalue weighted by Gasteiger charge is 2.38. The number of aromatic nitrogens is 2. The third-order valence-electron chi connectivity index (χ3n) is 3.64. The van der Waals surface area contributed by atoms with Crippen molar-refractivity contribution in [3.05, 3.63) is 71.4 Å². The highest BCUT2D eigenvalue weighted by atomic mass is 19.4. The number of amides is 1. The van der Waals surface area contributed by atoms with E-state index in [0.29, 0.717) is 0 Å². The summed E-state index contributed by atoms with van der Waals surface area (Å²) in [6.45, 7) is -0.158. The maximum absolute atomic E-state index is 14.2. The first-order valence-electron chi connectivity index (χ1n) is 7.83. The van der Waals surface area contributed by atoms with Crippen LogP contribution >= 0.6 is 0 Å². The minimum atomic E-state index is -4.84. The number of alkyl halides is 3. The lowest BCUT2D eigenvalue weighted by Gasteiger charge is -2.06. The molecule has 10 heteroatoms. The number of Topliss-reactive ketones (excluding diaryl/α,β-unsaturated/α-hetero) is 1. The van der Waals surface area contributed by atoms with E-state index in [-0.39, 0.29) is 23.2 Å². The minimum absolute atomic E-state index is 0.158. The Morgan fingerprint density at radius 1 is 1.07 bits per heavy atom. The van der Waals surface area contributed by atoms with Gasteiger partial charge in [-0.3, -0.25) is 9.59 Å². The van der Waals surface area contributed by atoms with Crippen LogP contribution in [0.15, 0.2) is 53.1 Å². The van der Waals surface area contributed by atoms with Crippen LogP contribution in [0.2, 0.25) is 0 Å². The molecule has 0 radical (unpaired) electrons. The molecule has 0 saturated heterocycles. The molecule has 2 aromatic carbocycles. The van der Waals surface area contributed by atoms with Gasteiger partial charge in [-0.15, -0.1) is 0 Å². The van der Waals surface area contributed by atoms with Crippen LogP contribution in [0.25, 0.3) is 11.4 Å². The van der Waals surface area contributed by atoms with Gasteiger partial charge in [0, 0.05) is 12.1 Å². The fourth-order valence-electron chi connectivity index (χ4n) is 2.28. The molecule has 0 spiro atoms. The van der Waals surface area contributed by atoms with Gasteiger partial charge in [-0.25, -0.2) is 4.39 Å². The highest BCUT2D eigenvalue weighted by Crippen LogP contribution is 2.30. The summed E-state index contributed by atoms with van der Waals surface area (Å²) in [7, 11) is 0. The SMILES string of the molecule is O=C(NCc1ccc(-c2noc(C(F)(F)F)n2)c(F)c1)C(=O)c1ccccc1. The van der Waals surface area contributed by atoms with E-state index < -0.39 is 35.4 Å². The van der Waals surface area contributed by atoms with Crippen molar-refractivity contribution in [1.82, 2.24) is 15.5 Å². The van der Waals surface area contributed by atoms with Gasteiger partial charge in [0.1, 0.15) is 5.82 Å². The molecular weight excluding hydrogens is 382 g/mol. The summed E-state index contributed by atoms with van der Waals surface area (Å²) in [5.74, 6) is -4.67. The van der Waals surface area contributed by atoms with Crippen LogP contribution < -0.4 is 5.32 Å². The van der Waals surface area contributed by atoms with E-state index in [1.165, 1.54) is 18.2 Å². The van der Waals surface area contributed by atoms with Crippen molar-refractivity contribution in [2.75, 3.05) is 0 Å². The highest BCUT2D eigenvalue weighted by molar-refractivity contribution is 6.42. The van der Waals surface area contributed by atoms with E-state index in [1.807, 2.05) is 0 Å². The van der Waals surface area contributed by atoms with Gasteiger partial charge < -0.3 is 9.84 Å². The number of halogens is 4. The molecule has 1 N–H and O–H groups in total. The van der Waals surface area contributed by atoms with Gasteiger partial charge in [0.15, 0.2) is 0 Å². The summed E-state index contributed by atoms with van der Waals surface area (Å²) in [6.07, 6.45) is -4.84. The molecule has 1 amide bonds. The first kappa shape index (κ1) is 19.2. The zero-order chi connectivity index (χ0) is 20.3.